The minimum absolute atomic E-state index is 0.00109. The lowest BCUT2D eigenvalue weighted by atomic mass is 10.0. The number of carbonyl (C=O) groups excluding carboxylic acids is 1. The first kappa shape index (κ1) is 14.7. The van der Waals surface area contributed by atoms with Gasteiger partial charge in [-0.2, -0.15) is 0 Å². The lowest BCUT2D eigenvalue weighted by Gasteiger charge is -2.18. The Bertz CT molecular complexity index is 835. The molecule has 1 saturated carbocycles. The van der Waals surface area contributed by atoms with Gasteiger partial charge in [0.2, 0.25) is 5.78 Å². The van der Waals surface area contributed by atoms with Crippen LogP contribution in [0, 0.1) is 5.92 Å². The quantitative estimate of drug-likeness (QED) is 0.784. The van der Waals surface area contributed by atoms with E-state index in [4.69, 9.17) is 4.74 Å². The van der Waals surface area contributed by atoms with Gasteiger partial charge in [-0.3, -0.25) is 9.20 Å². The van der Waals surface area contributed by atoms with Crippen molar-refractivity contribution in [1.82, 2.24) is 19.7 Å². The number of nitrogens with zero attached hydrogens (tertiary/aromatic N) is 3. The molecule has 1 atom stereocenters. The molecule has 1 aromatic carbocycles. The van der Waals surface area contributed by atoms with E-state index in [-0.39, 0.29) is 11.9 Å². The van der Waals surface area contributed by atoms with Crippen LogP contribution in [-0.2, 0) is 0 Å². The second-order valence-electron chi connectivity index (χ2n) is 6.01. The highest BCUT2D eigenvalue weighted by Gasteiger charge is 2.34. The van der Waals surface area contributed by atoms with E-state index in [1.54, 1.807) is 30.0 Å². The van der Waals surface area contributed by atoms with Crippen LogP contribution in [0.5, 0.6) is 5.75 Å². The SMILES string of the molecule is COc1ccc([C@@H](NC(=O)c2cn3cccnc3n2)C2CC2)cc1. The van der Waals surface area contributed by atoms with E-state index in [0.29, 0.717) is 17.4 Å². The largest absolute Gasteiger partial charge is 0.497 e. The van der Waals surface area contributed by atoms with E-state index in [1.807, 2.05) is 30.5 Å². The fraction of sp³-hybridized carbons (Fsp3) is 0.278. The summed E-state index contributed by atoms with van der Waals surface area (Å²) in [6, 6.07) is 9.67. The van der Waals surface area contributed by atoms with Crippen LogP contribution in [0.15, 0.2) is 48.9 Å². The van der Waals surface area contributed by atoms with Gasteiger partial charge in [-0.25, -0.2) is 9.97 Å². The van der Waals surface area contributed by atoms with Gasteiger partial charge >= 0.3 is 0 Å². The predicted molar refractivity (Wildman–Crippen MR) is 88.9 cm³/mol. The van der Waals surface area contributed by atoms with Gasteiger partial charge in [-0.05, 0) is 42.5 Å². The van der Waals surface area contributed by atoms with Crippen LogP contribution in [0.2, 0.25) is 0 Å². The fourth-order valence-corrected chi connectivity index (χ4v) is 2.87. The van der Waals surface area contributed by atoms with Crippen LogP contribution in [0.25, 0.3) is 5.78 Å². The van der Waals surface area contributed by atoms with Crippen molar-refractivity contribution < 1.29 is 9.53 Å². The molecule has 0 bridgehead atoms. The topological polar surface area (TPSA) is 68.5 Å². The number of hydrogen-bond donors (Lipinski definition) is 1. The Hall–Kier alpha value is -2.89. The van der Waals surface area contributed by atoms with Crippen molar-refractivity contribution in [2.24, 2.45) is 5.92 Å². The second-order valence-corrected chi connectivity index (χ2v) is 6.01. The molecule has 122 valence electrons. The summed E-state index contributed by atoms with van der Waals surface area (Å²) >= 11 is 0. The van der Waals surface area contributed by atoms with Crippen LogP contribution in [0.3, 0.4) is 0 Å². The van der Waals surface area contributed by atoms with Crippen LogP contribution >= 0.6 is 0 Å². The minimum Gasteiger partial charge on any atom is -0.497 e. The van der Waals surface area contributed by atoms with Crippen LogP contribution in [0.4, 0.5) is 0 Å². The number of benzene rings is 1. The van der Waals surface area contributed by atoms with E-state index < -0.39 is 0 Å². The summed E-state index contributed by atoms with van der Waals surface area (Å²) in [6.07, 6.45) is 7.45. The third-order valence-corrected chi connectivity index (χ3v) is 4.32. The Morgan fingerprint density at radius 3 is 2.79 bits per heavy atom. The normalized spacial score (nSPS) is 15.2. The Morgan fingerprint density at radius 2 is 2.12 bits per heavy atom. The Labute approximate surface area is 139 Å². The van der Waals surface area contributed by atoms with Gasteiger partial charge in [0.05, 0.1) is 13.2 Å². The lowest BCUT2D eigenvalue weighted by Crippen LogP contribution is -2.30. The molecule has 6 heteroatoms. The maximum Gasteiger partial charge on any atom is 0.272 e. The number of rotatable bonds is 5. The fourth-order valence-electron chi connectivity index (χ4n) is 2.87. The molecule has 0 aliphatic heterocycles. The van der Waals surface area contributed by atoms with Crippen molar-refractivity contribution in [3.63, 3.8) is 0 Å². The summed E-state index contributed by atoms with van der Waals surface area (Å²) in [5.41, 5.74) is 1.47. The van der Waals surface area contributed by atoms with E-state index >= 15 is 0 Å². The molecule has 0 saturated heterocycles. The van der Waals surface area contributed by atoms with Gasteiger partial charge in [0.1, 0.15) is 11.4 Å². The molecule has 0 radical (unpaired) electrons. The molecular formula is C18H18N4O2. The third kappa shape index (κ3) is 2.82. The summed E-state index contributed by atoms with van der Waals surface area (Å²) in [6.45, 7) is 0. The summed E-state index contributed by atoms with van der Waals surface area (Å²) in [7, 11) is 1.65. The van der Waals surface area contributed by atoms with E-state index in [1.165, 1.54) is 0 Å². The van der Waals surface area contributed by atoms with Crippen molar-refractivity contribution in [3.8, 4) is 5.75 Å². The summed E-state index contributed by atoms with van der Waals surface area (Å²) < 4.78 is 6.95. The monoisotopic (exact) mass is 322 g/mol. The average Bonchev–Trinajstić information content (AvgIpc) is 3.37. The van der Waals surface area contributed by atoms with Gasteiger partial charge in [0, 0.05) is 18.6 Å². The maximum absolute atomic E-state index is 12.6. The number of amides is 1. The smallest absolute Gasteiger partial charge is 0.272 e. The van der Waals surface area contributed by atoms with Crippen LogP contribution in [-0.4, -0.2) is 27.4 Å². The zero-order valence-corrected chi connectivity index (χ0v) is 13.3. The van der Waals surface area contributed by atoms with E-state index in [2.05, 4.69) is 15.3 Å². The van der Waals surface area contributed by atoms with Crippen molar-refractivity contribution in [2.75, 3.05) is 7.11 Å². The number of hydrogen-bond acceptors (Lipinski definition) is 4. The maximum atomic E-state index is 12.6. The van der Waals surface area contributed by atoms with Crippen molar-refractivity contribution in [3.05, 3.63) is 60.2 Å². The molecule has 4 rings (SSSR count). The second kappa shape index (κ2) is 5.96. The standard InChI is InChI=1S/C18H18N4O2/c1-24-14-7-5-13(6-8-14)16(12-3-4-12)21-17(23)15-11-22-10-2-9-19-18(22)20-15/h2,5-12,16H,3-4H2,1H3,(H,21,23)/t16-/m0/s1. The number of aromatic nitrogens is 3. The number of fused-ring (bicyclic) bond motifs is 1. The number of imidazole rings is 1. The first-order valence-electron chi connectivity index (χ1n) is 7.99. The highest BCUT2D eigenvalue weighted by atomic mass is 16.5. The molecule has 2 aromatic heterocycles. The molecule has 0 unspecified atom stereocenters. The predicted octanol–water partition coefficient (Wildman–Crippen LogP) is 2.62. The highest BCUT2D eigenvalue weighted by molar-refractivity contribution is 5.93. The number of nitrogens with one attached hydrogen (secondary N) is 1. The van der Waals surface area contributed by atoms with Crippen LogP contribution in [0.1, 0.15) is 34.9 Å². The molecule has 24 heavy (non-hydrogen) atoms. The Balaban J connectivity index is 1.56. The number of methoxy groups -OCH3 is 1. The highest BCUT2D eigenvalue weighted by Crippen LogP contribution is 2.41. The number of ether oxygens (including phenoxy) is 1. The molecule has 1 N–H and O–H groups in total. The zero-order valence-electron chi connectivity index (χ0n) is 13.3. The Kier molecular flexibility index (Phi) is 3.65. The van der Waals surface area contributed by atoms with Crippen molar-refractivity contribution in [2.45, 2.75) is 18.9 Å². The van der Waals surface area contributed by atoms with Gasteiger partial charge in [-0.1, -0.05) is 12.1 Å². The average molecular weight is 322 g/mol. The first-order valence-corrected chi connectivity index (χ1v) is 7.99. The van der Waals surface area contributed by atoms with Crippen molar-refractivity contribution in [1.29, 1.82) is 0 Å². The molecule has 2 heterocycles. The molecule has 6 nitrogen and oxygen atoms in total. The molecule has 1 aliphatic carbocycles. The zero-order chi connectivity index (χ0) is 16.5. The van der Waals surface area contributed by atoms with Crippen molar-refractivity contribution >= 4 is 11.7 Å². The van der Waals surface area contributed by atoms with Gasteiger partial charge in [0.15, 0.2) is 0 Å². The molecule has 1 fully saturated rings. The third-order valence-electron chi connectivity index (χ3n) is 4.32. The number of carbonyl (C=O) groups is 1. The summed E-state index contributed by atoms with van der Waals surface area (Å²) in [5.74, 6) is 1.65. The van der Waals surface area contributed by atoms with Gasteiger partial charge in [0.25, 0.3) is 5.91 Å². The molecular weight excluding hydrogens is 304 g/mol. The molecule has 1 amide bonds. The van der Waals surface area contributed by atoms with E-state index in [9.17, 15) is 4.79 Å². The molecule has 3 aromatic rings. The van der Waals surface area contributed by atoms with Crippen LogP contribution < -0.4 is 10.1 Å². The van der Waals surface area contributed by atoms with E-state index in [0.717, 1.165) is 24.2 Å². The summed E-state index contributed by atoms with van der Waals surface area (Å²) in [4.78, 5) is 21.0. The molecule has 0 spiro atoms. The Morgan fingerprint density at radius 1 is 1.33 bits per heavy atom. The molecule has 1 aliphatic rings. The lowest BCUT2D eigenvalue weighted by molar-refractivity contribution is 0.0927. The first-order chi connectivity index (χ1) is 11.7. The minimum atomic E-state index is -0.173. The summed E-state index contributed by atoms with van der Waals surface area (Å²) in [5, 5.41) is 3.13. The van der Waals surface area contributed by atoms with Gasteiger partial charge in [-0.15, -0.1) is 0 Å². The van der Waals surface area contributed by atoms with Gasteiger partial charge < -0.3 is 10.1 Å².